The third kappa shape index (κ3) is 2.05. The Morgan fingerprint density at radius 3 is 2.95 bits per heavy atom. The van der Waals surface area contributed by atoms with Crippen LogP contribution in [0.2, 0.25) is 0 Å². The van der Waals surface area contributed by atoms with Gasteiger partial charge in [-0.15, -0.1) is 11.3 Å². The molecule has 1 aliphatic heterocycles. The van der Waals surface area contributed by atoms with Gasteiger partial charge < -0.3 is 5.32 Å². The standard InChI is InChI=1S/C15H14N4S/c1-2-4-12(5-3-1)19-10-11(8-17-19)15-18-13-6-7-16-9-14(13)20-15/h1-5,8,10,16H,6-7,9H2. The van der Waals surface area contributed by atoms with E-state index in [1.54, 1.807) is 11.3 Å². The third-order valence-electron chi connectivity index (χ3n) is 3.45. The first kappa shape index (κ1) is 11.8. The number of nitrogens with zero attached hydrogens (tertiary/aromatic N) is 3. The quantitative estimate of drug-likeness (QED) is 0.785. The van der Waals surface area contributed by atoms with Crippen molar-refractivity contribution in [1.82, 2.24) is 20.1 Å². The Kier molecular flexibility index (Phi) is 2.86. The van der Waals surface area contributed by atoms with Crippen LogP contribution in [0.1, 0.15) is 10.6 Å². The van der Waals surface area contributed by atoms with E-state index in [9.17, 15) is 0 Å². The van der Waals surface area contributed by atoms with Gasteiger partial charge in [-0.2, -0.15) is 5.10 Å². The van der Waals surface area contributed by atoms with E-state index >= 15 is 0 Å². The van der Waals surface area contributed by atoms with Crippen molar-refractivity contribution in [2.24, 2.45) is 0 Å². The normalized spacial score (nSPS) is 14.2. The summed E-state index contributed by atoms with van der Waals surface area (Å²) in [6, 6.07) is 10.1. The van der Waals surface area contributed by atoms with Gasteiger partial charge in [-0.3, -0.25) is 0 Å². The molecular weight excluding hydrogens is 268 g/mol. The van der Waals surface area contributed by atoms with Crippen LogP contribution in [-0.2, 0) is 13.0 Å². The topological polar surface area (TPSA) is 42.7 Å². The lowest BCUT2D eigenvalue weighted by Crippen LogP contribution is -2.22. The highest BCUT2D eigenvalue weighted by atomic mass is 32.1. The Morgan fingerprint density at radius 2 is 2.10 bits per heavy atom. The van der Waals surface area contributed by atoms with Gasteiger partial charge in [0.1, 0.15) is 5.01 Å². The van der Waals surface area contributed by atoms with E-state index in [1.165, 1.54) is 10.6 Å². The smallest absolute Gasteiger partial charge is 0.127 e. The van der Waals surface area contributed by atoms with Crippen LogP contribution >= 0.6 is 11.3 Å². The third-order valence-corrected chi connectivity index (χ3v) is 4.60. The second-order valence-corrected chi connectivity index (χ2v) is 5.91. The lowest BCUT2D eigenvalue weighted by atomic mass is 10.2. The van der Waals surface area contributed by atoms with Crippen LogP contribution in [0.25, 0.3) is 16.3 Å². The monoisotopic (exact) mass is 282 g/mol. The van der Waals surface area contributed by atoms with Crippen molar-refractivity contribution in [3.8, 4) is 16.3 Å². The van der Waals surface area contributed by atoms with E-state index in [2.05, 4.69) is 10.4 Å². The van der Waals surface area contributed by atoms with E-state index in [1.807, 2.05) is 47.4 Å². The zero-order chi connectivity index (χ0) is 13.4. The summed E-state index contributed by atoms with van der Waals surface area (Å²) in [5.41, 5.74) is 3.41. The second-order valence-electron chi connectivity index (χ2n) is 4.82. The van der Waals surface area contributed by atoms with E-state index in [0.717, 1.165) is 35.8 Å². The number of benzene rings is 1. The van der Waals surface area contributed by atoms with Crippen LogP contribution in [0.4, 0.5) is 0 Å². The van der Waals surface area contributed by atoms with Crippen molar-refractivity contribution in [2.45, 2.75) is 13.0 Å². The molecule has 0 bridgehead atoms. The van der Waals surface area contributed by atoms with E-state index in [-0.39, 0.29) is 0 Å². The molecule has 0 fully saturated rings. The van der Waals surface area contributed by atoms with Crippen molar-refractivity contribution in [3.05, 3.63) is 53.3 Å². The first-order valence-electron chi connectivity index (χ1n) is 6.70. The average molecular weight is 282 g/mol. The summed E-state index contributed by atoms with van der Waals surface area (Å²) in [4.78, 5) is 6.11. The Morgan fingerprint density at radius 1 is 1.20 bits per heavy atom. The van der Waals surface area contributed by atoms with E-state index in [0.29, 0.717) is 0 Å². The fourth-order valence-corrected chi connectivity index (χ4v) is 3.46. The Balaban J connectivity index is 1.70. The summed E-state index contributed by atoms with van der Waals surface area (Å²) in [5, 5.41) is 8.89. The highest BCUT2D eigenvalue weighted by molar-refractivity contribution is 7.15. The largest absolute Gasteiger partial charge is 0.311 e. The molecule has 2 aromatic heterocycles. The molecular formula is C15H14N4S. The number of para-hydroxylation sites is 1. The molecule has 0 unspecified atom stereocenters. The molecule has 3 heterocycles. The molecule has 4 nitrogen and oxygen atoms in total. The number of hydrogen-bond donors (Lipinski definition) is 1. The molecule has 0 amide bonds. The summed E-state index contributed by atoms with van der Waals surface area (Å²) in [6.07, 6.45) is 4.97. The molecule has 0 atom stereocenters. The molecule has 0 spiro atoms. The van der Waals surface area contributed by atoms with E-state index < -0.39 is 0 Å². The molecule has 100 valence electrons. The van der Waals surface area contributed by atoms with Crippen molar-refractivity contribution in [2.75, 3.05) is 6.54 Å². The molecule has 20 heavy (non-hydrogen) atoms. The SMILES string of the molecule is c1ccc(-n2cc(-c3nc4c(s3)CNCC4)cn2)cc1. The lowest BCUT2D eigenvalue weighted by Gasteiger charge is -2.09. The van der Waals surface area contributed by atoms with Crippen molar-refractivity contribution >= 4 is 11.3 Å². The first-order valence-corrected chi connectivity index (χ1v) is 7.51. The van der Waals surface area contributed by atoms with E-state index in [4.69, 9.17) is 4.98 Å². The van der Waals surface area contributed by atoms with Crippen molar-refractivity contribution in [1.29, 1.82) is 0 Å². The highest BCUT2D eigenvalue weighted by Crippen LogP contribution is 2.29. The fraction of sp³-hybridized carbons (Fsp3) is 0.200. The van der Waals surface area contributed by atoms with Gasteiger partial charge in [-0.05, 0) is 12.1 Å². The summed E-state index contributed by atoms with van der Waals surface area (Å²) in [6.45, 7) is 1.97. The van der Waals surface area contributed by atoms with Crippen molar-refractivity contribution < 1.29 is 0 Å². The summed E-state index contributed by atoms with van der Waals surface area (Å²) < 4.78 is 1.90. The molecule has 1 aromatic carbocycles. The van der Waals surface area contributed by atoms with Crippen molar-refractivity contribution in [3.63, 3.8) is 0 Å². The Bertz CT molecular complexity index is 706. The number of rotatable bonds is 2. The van der Waals surface area contributed by atoms with Gasteiger partial charge in [-0.1, -0.05) is 18.2 Å². The van der Waals surface area contributed by atoms with Gasteiger partial charge in [0.25, 0.3) is 0 Å². The molecule has 0 aliphatic carbocycles. The van der Waals surface area contributed by atoms with Gasteiger partial charge >= 0.3 is 0 Å². The van der Waals surface area contributed by atoms with Gasteiger partial charge in [0.15, 0.2) is 0 Å². The number of thiazole rings is 1. The number of fused-ring (bicyclic) bond motifs is 1. The maximum absolute atomic E-state index is 4.75. The molecule has 3 aromatic rings. The average Bonchev–Trinajstić information content (AvgIpc) is 3.14. The second kappa shape index (κ2) is 4.85. The van der Waals surface area contributed by atoms with Gasteiger partial charge in [0.05, 0.1) is 17.6 Å². The highest BCUT2D eigenvalue weighted by Gasteiger charge is 2.16. The lowest BCUT2D eigenvalue weighted by molar-refractivity contribution is 0.644. The van der Waals surface area contributed by atoms with Gasteiger partial charge in [0.2, 0.25) is 0 Å². The van der Waals surface area contributed by atoms with Crippen LogP contribution in [0, 0.1) is 0 Å². The number of nitrogens with one attached hydrogen (secondary N) is 1. The Labute approximate surface area is 121 Å². The maximum atomic E-state index is 4.75. The van der Waals surface area contributed by atoms with Crippen LogP contribution < -0.4 is 5.32 Å². The van der Waals surface area contributed by atoms with Crippen LogP contribution in [0.15, 0.2) is 42.7 Å². The number of aromatic nitrogens is 3. The predicted octanol–water partition coefficient (Wildman–Crippen LogP) is 2.64. The minimum Gasteiger partial charge on any atom is -0.311 e. The Hall–Kier alpha value is -1.98. The predicted molar refractivity (Wildman–Crippen MR) is 80.1 cm³/mol. The first-order chi connectivity index (χ1) is 9.90. The summed E-state index contributed by atoms with van der Waals surface area (Å²) >= 11 is 1.77. The number of hydrogen-bond acceptors (Lipinski definition) is 4. The molecule has 0 saturated carbocycles. The van der Waals surface area contributed by atoms with Crippen LogP contribution in [0.3, 0.4) is 0 Å². The maximum Gasteiger partial charge on any atom is 0.127 e. The molecule has 1 N–H and O–H groups in total. The molecule has 0 saturated heterocycles. The zero-order valence-corrected chi connectivity index (χ0v) is 11.7. The molecule has 4 rings (SSSR count). The minimum atomic E-state index is 0.944. The molecule has 5 heteroatoms. The van der Waals surface area contributed by atoms with Crippen LogP contribution in [0.5, 0.6) is 0 Å². The summed E-state index contributed by atoms with van der Waals surface area (Å²) in [5.74, 6) is 0. The summed E-state index contributed by atoms with van der Waals surface area (Å²) in [7, 11) is 0. The molecule has 1 aliphatic rings. The molecule has 0 radical (unpaired) electrons. The van der Waals surface area contributed by atoms with Gasteiger partial charge in [0, 0.05) is 36.1 Å². The van der Waals surface area contributed by atoms with Crippen LogP contribution in [-0.4, -0.2) is 21.3 Å². The minimum absolute atomic E-state index is 0.944. The zero-order valence-electron chi connectivity index (χ0n) is 10.9. The fourth-order valence-electron chi connectivity index (χ4n) is 2.40. The van der Waals surface area contributed by atoms with Gasteiger partial charge in [-0.25, -0.2) is 9.67 Å².